The Morgan fingerprint density at radius 2 is 1.20 bits per heavy atom. The summed E-state index contributed by atoms with van der Waals surface area (Å²) in [5.41, 5.74) is 17.2. The summed E-state index contributed by atoms with van der Waals surface area (Å²) in [6.45, 7) is 8.94. The Morgan fingerprint density at radius 1 is 0.688 bits per heavy atom. The Balaban J connectivity index is 3.41. The summed E-state index contributed by atoms with van der Waals surface area (Å²) in [6, 6.07) is -1.45. The summed E-state index contributed by atoms with van der Waals surface area (Å²) >= 11 is 0. The van der Waals surface area contributed by atoms with Crippen molar-refractivity contribution >= 4 is 53.2 Å². The number of unbranched alkanes of at least 4 members (excludes halogenated alkanes) is 1. The smallest absolute Gasteiger partial charge is 0.326 e. The van der Waals surface area contributed by atoms with Crippen LogP contribution in [0.25, 0.3) is 0 Å². The third-order valence-electron chi connectivity index (χ3n) is 10.5. The molecule has 22 nitrogen and oxygen atoms in total. The van der Waals surface area contributed by atoms with E-state index < -0.39 is 127 Å². The van der Waals surface area contributed by atoms with Gasteiger partial charge in [0.1, 0.15) is 48.8 Å². The third-order valence-corrected chi connectivity index (χ3v) is 10.5. The standard InChI is InChI=1S/C42H70N10O12/c1-7-24(5)34(51-40(60)35(25(6)8-2)50-36(56)27(44)22-53)39(59)47-29(20-32(45)54)38(58)48-30(19-26-14-10-9-11-15-26)41(61)52(64)21-33(55)46-28(16-12-13-17-43)37(57)49-31(42(62)63)18-23(3)4/h9-11,14-15,23-25,27-31,34-35,53,64H,7-8,12-13,16-22,43-44H2,1-6H3,(H2,45,54)(H,46,55)(H,47,59)(H,48,58)(H,49,57)(H,50,56)(H,51,60)(H,62,63)/t24-,25-,27-,28-,29-,30-,31-,34-,35-/m0/s1. The molecule has 15 N–H and O–H groups in total. The third kappa shape index (κ3) is 19.8. The number of benzene rings is 1. The Hall–Kier alpha value is -5.71. The number of carboxylic acid groups (broad SMARTS) is 1. The Labute approximate surface area is 373 Å². The van der Waals surface area contributed by atoms with Crippen molar-refractivity contribution in [2.75, 3.05) is 19.7 Å². The summed E-state index contributed by atoms with van der Waals surface area (Å²) in [5.74, 6) is -9.99. The minimum Gasteiger partial charge on any atom is -0.480 e. The van der Waals surface area contributed by atoms with Gasteiger partial charge in [-0.1, -0.05) is 84.7 Å². The van der Waals surface area contributed by atoms with Gasteiger partial charge in [0.15, 0.2) is 0 Å². The number of hydrogen-bond acceptors (Lipinski definition) is 13. The van der Waals surface area contributed by atoms with Crippen LogP contribution in [-0.2, 0) is 49.6 Å². The van der Waals surface area contributed by atoms with E-state index in [-0.39, 0.29) is 36.8 Å². The van der Waals surface area contributed by atoms with Crippen molar-refractivity contribution in [3.8, 4) is 0 Å². The summed E-state index contributed by atoms with van der Waals surface area (Å²) in [7, 11) is 0. The van der Waals surface area contributed by atoms with Gasteiger partial charge in [-0.2, -0.15) is 0 Å². The topological polar surface area (TPSA) is 368 Å². The van der Waals surface area contributed by atoms with Crippen molar-refractivity contribution < 1.29 is 58.6 Å². The number of aliphatic hydroxyl groups is 1. The molecule has 0 saturated heterocycles. The second kappa shape index (κ2) is 28.9. The van der Waals surface area contributed by atoms with Crippen LogP contribution >= 0.6 is 0 Å². The van der Waals surface area contributed by atoms with E-state index in [0.717, 1.165) is 0 Å². The van der Waals surface area contributed by atoms with Crippen molar-refractivity contribution in [1.29, 1.82) is 0 Å². The van der Waals surface area contributed by atoms with Gasteiger partial charge in [0.05, 0.1) is 13.0 Å². The van der Waals surface area contributed by atoms with Crippen LogP contribution in [-0.4, -0.2) is 136 Å². The van der Waals surface area contributed by atoms with Crippen LogP contribution in [0.3, 0.4) is 0 Å². The van der Waals surface area contributed by atoms with Crippen LogP contribution < -0.4 is 49.1 Å². The lowest BCUT2D eigenvalue weighted by molar-refractivity contribution is -0.171. The molecule has 360 valence electrons. The number of carboxylic acids is 1. The molecule has 9 atom stereocenters. The second-order valence-corrected chi connectivity index (χ2v) is 16.3. The fourth-order valence-electron chi connectivity index (χ4n) is 6.34. The number of aliphatic carboxylic acids is 1. The fraction of sp³-hybridized carbons (Fsp3) is 0.643. The van der Waals surface area contributed by atoms with E-state index in [1.165, 1.54) is 0 Å². The molecule has 1 aromatic rings. The van der Waals surface area contributed by atoms with E-state index in [0.29, 0.717) is 31.2 Å². The average Bonchev–Trinajstić information content (AvgIpc) is 3.24. The number of aliphatic hydroxyl groups excluding tert-OH is 1. The van der Waals surface area contributed by atoms with Gasteiger partial charge in [0, 0.05) is 6.42 Å². The molecule has 0 unspecified atom stereocenters. The van der Waals surface area contributed by atoms with Crippen LogP contribution in [0.1, 0.15) is 92.1 Å². The predicted molar refractivity (Wildman–Crippen MR) is 233 cm³/mol. The number of primary amides is 1. The number of carbonyl (C=O) groups is 9. The predicted octanol–water partition coefficient (Wildman–Crippen LogP) is -2.10. The molecule has 0 heterocycles. The normalized spacial score (nSPS) is 15.4. The molecular formula is C42H70N10O12. The van der Waals surface area contributed by atoms with Crippen LogP contribution in [0.15, 0.2) is 30.3 Å². The number of hydrogen-bond donors (Lipinski definition) is 12. The van der Waals surface area contributed by atoms with Gasteiger partial charge in [-0.3, -0.25) is 43.6 Å². The summed E-state index contributed by atoms with van der Waals surface area (Å²) in [4.78, 5) is 118. The summed E-state index contributed by atoms with van der Waals surface area (Å²) in [5, 5.41) is 44.8. The number of carbonyl (C=O) groups excluding carboxylic acids is 8. The van der Waals surface area contributed by atoms with Gasteiger partial charge in [0.25, 0.3) is 5.91 Å². The number of rotatable bonds is 30. The van der Waals surface area contributed by atoms with Gasteiger partial charge in [0.2, 0.25) is 41.4 Å². The molecule has 0 aromatic heterocycles. The monoisotopic (exact) mass is 907 g/mol. The molecule has 0 saturated carbocycles. The summed E-state index contributed by atoms with van der Waals surface area (Å²) < 4.78 is 0. The number of nitrogens with zero attached hydrogens (tertiary/aromatic N) is 1. The first-order valence-corrected chi connectivity index (χ1v) is 21.5. The zero-order valence-electron chi connectivity index (χ0n) is 37.6. The zero-order chi connectivity index (χ0) is 48.7. The van der Waals surface area contributed by atoms with Crippen molar-refractivity contribution in [2.45, 2.75) is 135 Å². The first kappa shape index (κ1) is 56.3. The molecule has 0 fully saturated rings. The fourth-order valence-corrected chi connectivity index (χ4v) is 6.34. The van der Waals surface area contributed by atoms with Crippen LogP contribution in [0.5, 0.6) is 0 Å². The van der Waals surface area contributed by atoms with E-state index in [2.05, 4.69) is 31.9 Å². The molecule has 22 heteroatoms. The Bertz CT molecular complexity index is 1720. The van der Waals surface area contributed by atoms with Gasteiger partial charge in [-0.15, -0.1) is 0 Å². The minimum absolute atomic E-state index is 0.0208. The SMILES string of the molecule is CC[C@H](C)[C@H](NC(=O)[C@@H](NC(=O)[C@@H](N)CO)[C@@H](C)CC)C(=O)N[C@@H](CC(N)=O)C(=O)N[C@@H](Cc1ccccc1)C(=O)N(O)CC(=O)N[C@@H](CCCCN)C(=O)N[C@@H](CC(C)C)C(=O)O. The lowest BCUT2D eigenvalue weighted by Gasteiger charge is -2.30. The number of nitrogens with two attached hydrogens (primary N) is 3. The van der Waals surface area contributed by atoms with Crippen LogP contribution in [0.4, 0.5) is 0 Å². The molecule has 1 aromatic carbocycles. The van der Waals surface area contributed by atoms with Crippen molar-refractivity contribution in [1.82, 2.24) is 37.0 Å². The maximum absolute atomic E-state index is 13.9. The van der Waals surface area contributed by atoms with Crippen LogP contribution in [0.2, 0.25) is 0 Å². The maximum Gasteiger partial charge on any atom is 0.326 e. The molecule has 0 aliphatic heterocycles. The van der Waals surface area contributed by atoms with E-state index in [1.54, 1.807) is 71.9 Å². The Kier molecular flexibility index (Phi) is 25.4. The van der Waals surface area contributed by atoms with Gasteiger partial charge in [-0.25, -0.2) is 9.86 Å². The van der Waals surface area contributed by atoms with E-state index >= 15 is 0 Å². The molecule has 0 aliphatic rings. The molecule has 0 aliphatic carbocycles. The average molecular weight is 907 g/mol. The van der Waals surface area contributed by atoms with Gasteiger partial charge >= 0.3 is 5.97 Å². The summed E-state index contributed by atoms with van der Waals surface area (Å²) in [6.07, 6.45) is 0.747. The van der Waals surface area contributed by atoms with Crippen molar-refractivity contribution in [2.24, 2.45) is 35.0 Å². The van der Waals surface area contributed by atoms with Gasteiger partial charge < -0.3 is 59.3 Å². The highest BCUT2D eigenvalue weighted by atomic mass is 16.5. The molecule has 0 radical (unpaired) electrons. The second-order valence-electron chi connectivity index (χ2n) is 16.3. The van der Waals surface area contributed by atoms with Crippen LogP contribution in [0, 0.1) is 17.8 Å². The minimum atomic E-state index is -1.72. The van der Waals surface area contributed by atoms with Gasteiger partial charge in [-0.05, 0) is 55.5 Å². The largest absolute Gasteiger partial charge is 0.480 e. The van der Waals surface area contributed by atoms with Crippen molar-refractivity contribution in [3.05, 3.63) is 35.9 Å². The molecular weight excluding hydrogens is 837 g/mol. The van der Waals surface area contributed by atoms with E-state index in [1.807, 2.05) is 0 Å². The van der Waals surface area contributed by atoms with E-state index in [4.69, 9.17) is 17.2 Å². The van der Waals surface area contributed by atoms with E-state index in [9.17, 15) is 58.6 Å². The lowest BCUT2D eigenvalue weighted by atomic mass is 9.94. The molecule has 0 bridgehead atoms. The molecule has 0 spiro atoms. The Morgan fingerprint density at radius 3 is 1.70 bits per heavy atom. The zero-order valence-corrected chi connectivity index (χ0v) is 37.6. The maximum atomic E-state index is 13.9. The number of nitrogens with one attached hydrogen (secondary N) is 6. The first-order chi connectivity index (χ1) is 30.1. The number of amides is 8. The highest BCUT2D eigenvalue weighted by Crippen LogP contribution is 2.14. The molecule has 8 amide bonds. The highest BCUT2D eigenvalue weighted by Gasteiger charge is 2.37. The lowest BCUT2D eigenvalue weighted by Crippen LogP contribution is -2.61. The molecule has 1 rings (SSSR count). The highest BCUT2D eigenvalue weighted by molar-refractivity contribution is 5.98. The van der Waals surface area contributed by atoms with Crippen molar-refractivity contribution in [3.63, 3.8) is 0 Å². The first-order valence-electron chi connectivity index (χ1n) is 21.5. The molecule has 64 heavy (non-hydrogen) atoms. The number of hydroxylamine groups is 2. The quantitative estimate of drug-likeness (QED) is 0.0224.